The molecule has 0 aliphatic heterocycles. The Labute approximate surface area is 149 Å². The van der Waals surface area contributed by atoms with Crippen LogP contribution in [0.4, 0.5) is 5.69 Å². The molecular weight excluding hydrogens is 338 g/mol. The lowest BCUT2D eigenvalue weighted by molar-refractivity contribution is -0.115. The summed E-state index contributed by atoms with van der Waals surface area (Å²) >= 11 is 1.44. The van der Waals surface area contributed by atoms with Crippen molar-refractivity contribution in [2.45, 2.75) is 32.3 Å². The van der Waals surface area contributed by atoms with Gasteiger partial charge in [0.1, 0.15) is 5.75 Å². The van der Waals surface area contributed by atoms with Gasteiger partial charge in [-0.2, -0.15) is 4.98 Å². The van der Waals surface area contributed by atoms with E-state index in [1.165, 1.54) is 11.8 Å². The summed E-state index contributed by atoms with van der Waals surface area (Å²) in [7, 11) is 0. The molecule has 0 saturated heterocycles. The third kappa shape index (κ3) is 3.43. The molecular formula is C17H19N5O2S. The molecule has 7 nitrogen and oxygen atoms in total. The monoisotopic (exact) mass is 357 g/mol. The molecule has 3 rings (SSSR count). The molecule has 0 saturated carbocycles. The van der Waals surface area contributed by atoms with Crippen molar-refractivity contribution in [3.8, 4) is 5.75 Å². The van der Waals surface area contributed by atoms with Crippen LogP contribution in [0.2, 0.25) is 0 Å². The van der Waals surface area contributed by atoms with Gasteiger partial charge in [-0.15, -0.1) is 5.10 Å². The van der Waals surface area contributed by atoms with Crippen LogP contribution < -0.4 is 5.32 Å². The molecule has 3 aromatic rings. The molecule has 130 valence electrons. The van der Waals surface area contributed by atoms with Crippen LogP contribution in [0.1, 0.15) is 22.5 Å². The van der Waals surface area contributed by atoms with Gasteiger partial charge in [0, 0.05) is 17.0 Å². The Morgan fingerprint density at radius 2 is 2.04 bits per heavy atom. The topological polar surface area (TPSA) is 92.4 Å². The minimum Gasteiger partial charge on any atom is -0.506 e. The molecule has 0 atom stereocenters. The summed E-state index contributed by atoms with van der Waals surface area (Å²) in [6.45, 7) is 5.62. The first-order valence-corrected chi connectivity index (χ1v) is 8.98. The quantitative estimate of drug-likeness (QED) is 0.551. The van der Waals surface area contributed by atoms with Gasteiger partial charge in [0.25, 0.3) is 5.78 Å². The number of hydrogen-bond acceptors (Lipinski definition) is 6. The lowest BCUT2D eigenvalue weighted by atomic mass is 10.1. The molecule has 0 unspecified atom stereocenters. The average Bonchev–Trinajstić information content (AvgIpc) is 2.97. The molecule has 0 aliphatic rings. The molecule has 0 bridgehead atoms. The van der Waals surface area contributed by atoms with E-state index in [-0.39, 0.29) is 18.1 Å². The lowest BCUT2D eigenvalue weighted by Crippen LogP contribution is -2.18. The van der Waals surface area contributed by atoms with E-state index < -0.39 is 0 Å². The molecule has 0 spiro atoms. The minimum absolute atomic E-state index is 0.0521. The fourth-order valence-electron chi connectivity index (χ4n) is 2.63. The first-order chi connectivity index (χ1) is 11.9. The largest absolute Gasteiger partial charge is 0.506 e. The van der Waals surface area contributed by atoms with E-state index in [9.17, 15) is 9.90 Å². The number of carbonyl (C=O) groups excluding carboxylic acids is 1. The predicted octanol–water partition coefficient (Wildman–Crippen LogP) is 2.66. The van der Waals surface area contributed by atoms with Crippen molar-refractivity contribution >= 4 is 29.1 Å². The number of phenolic OH excluding ortho intramolecular Hbond substituents is 1. The number of nitrogens with zero attached hydrogens (tertiary/aromatic N) is 4. The van der Waals surface area contributed by atoms with Gasteiger partial charge in [-0.05, 0) is 44.7 Å². The fourth-order valence-corrected chi connectivity index (χ4v) is 2.97. The zero-order chi connectivity index (χ0) is 18.1. The Morgan fingerprint density at radius 1 is 1.28 bits per heavy atom. The molecule has 1 aromatic carbocycles. The van der Waals surface area contributed by atoms with Crippen molar-refractivity contribution in [2.24, 2.45) is 0 Å². The molecule has 2 N–H and O–H groups in total. The molecule has 25 heavy (non-hydrogen) atoms. The molecule has 0 radical (unpaired) electrons. The molecule has 1 amide bonds. The maximum Gasteiger partial charge on any atom is 0.253 e. The SMILES string of the molecule is CSc1nc2nc(C)c(CC(=O)Nc3ccc(C)cc3O)c(C)n2n1. The highest BCUT2D eigenvalue weighted by Gasteiger charge is 2.16. The average molecular weight is 357 g/mol. The molecule has 0 aliphatic carbocycles. The third-order valence-corrected chi connectivity index (χ3v) is 4.51. The number of benzene rings is 1. The summed E-state index contributed by atoms with van der Waals surface area (Å²) in [4.78, 5) is 21.2. The van der Waals surface area contributed by atoms with Crippen LogP contribution >= 0.6 is 11.8 Å². The number of thioether (sulfide) groups is 1. The zero-order valence-electron chi connectivity index (χ0n) is 14.5. The Hall–Kier alpha value is -2.61. The van der Waals surface area contributed by atoms with E-state index in [1.54, 1.807) is 16.6 Å². The van der Waals surface area contributed by atoms with Gasteiger partial charge < -0.3 is 10.4 Å². The zero-order valence-corrected chi connectivity index (χ0v) is 15.3. The molecule has 2 heterocycles. The number of fused-ring (bicyclic) bond motifs is 1. The first-order valence-electron chi connectivity index (χ1n) is 7.75. The fraction of sp³-hybridized carbons (Fsp3) is 0.294. The summed E-state index contributed by atoms with van der Waals surface area (Å²) < 4.78 is 1.66. The number of phenols is 1. The molecule has 0 fully saturated rings. The highest BCUT2D eigenvalue weighted by Crippen LogP contribution is 2.24. The van der Waals surface area contributed by atoms with Gasteiger partial charge in [0.15, 0.2) is 0 Å². The van der Waals surface area contributed by atoms with Crippen LogP contribution in [0.25, 0.3) is 5.78 Å². The van der Waals surface area contributed by atoms with E-state index in [4.69, 9.17) is 0 Å². The second kappa shape index (κ2) is 6.72. The number of aromatic nitrogens is 4. The molecule has 2 aromatic heterocycles. The summed E-state index contributed by atoms with van der Waals surface area (Å²) in [6, 6.07) is 5.13. The van der Waals surface area contributed by atoms with Crippen LogP contribution in [0, 0.1) is 20.8 Å². The third-order valence-electron chi connectivity index (χ3n) is 3.98. The van der Waals surface area contributed by atoms with E-state index in [1.807, 2.05) is 33.1 Å². The maximum atomic E-state index is 12.4. The van der Waals surface area contributed by atoms with Crippen LogP contribution in [0.5, 0.6) is 5.75 Å². The summed E-state index contributed by atoms with van der Waals surface area (Å²) in [5.74, 6) is 0.354. The van der Waals surface area contributed by atoms with E-state index in [2.05, 4.69) is 20.4 Å². The summed E-state index contributed by atoms with van der Waals surface area (Å²) in [5.41, 5.74) is 3.69. The number of anilines is 1. The Balaban J connectivity index is 1.87. The minimum atomic E-state index is -0.225. The number of amides is 1. The molecule has 8 heteroatoms. The van der Waals surface area contributed by atoms with E-state index in [0.717, 1.165) is 22.5 Å². The van der Waals surface area contributed by atoms with Crippen LogP contribution in [-0.2, 0) is 11.2 Å². The van der Waals surface area contributed by atoms with Crippen molar-refractivity contribution in [2.75, 3.05) is 11.6 Å². The first kappa shape index (κ1) is 17.2. The van der Waals surface area contributed by atoms with Crippen molar-refractivity contribution in [3.63, 3.8) is 0 Å². The Kier molecular flexibility index (Phi) is 4.63. The van der Waals surface area contributed by atoms with Gasteiger partial charge in [0.2, 0.25) is 11.1 Å². The summed E-state index contributed by atoms with van der Waals surface area (Å²) in [6.07, 6.45) is 2.04. The second-order valence-corrected chi connectivity index (χ2v) is 6.59. The number of rotatable bonds is 4. The highest BCUT2D eigenvalue weighted by atomic mass is 32.2. The Bertz CT molecular complexity index is 967. The number of carbonyl (C=O) groups is 1. The van der Waals surface area contributed by atoms with Crippen LogP contribution in [-0.4, -0.2) is 36.9 Å². The van der Waals surface area contributed by atoms with Gasteiger partial charge in [-0.1, -0.05) is 17.8 Å². The predicted molar refractivity (Wildman–Crippen MR) is 97.2 cm³/mol. The van der Waals surface area contributed by atoms with Crippen molar-refractivity contribution < 1.29 is 9.90 Å². The normalized spacial score (nSPS) is 11.0. The van der Waals surface area contributed by atoms with Gasteiger partial charge in [-0.3, -0.25) is 4.79 Å². The van der Waals surface area contributed by atoms with E-state index in [0.29, 0.717) is 16.6 Å². The van der Waals surface area contributed by atoms with Gasteiger partial charge in [0.05, 0.1) is 12.1 Å². The number of nitrogens with one attached hydrogen (secondary N) is 1. The smallest absolute Gasteiger partial charge is 0.253 e. The van der Waals surface area contributed by atoms with Crippen LogP contribution in [0.15, 0.2) is 23.4 Å². The lowest BCUT2D eigenvalue weighted by Gasteiger charge is -2.11. The van der Waals surface area contributed by atoms with Crippen molar-refractivity contribution in [1.29, 1.82) is 0 Å². The van der Waals surface area contributed by atoms with Crippen molar-refractivity contribution in [3.05, 3.63) is 40.7 Å². The Morgan fingerprint density at radius 3 is 2.72 bits per heavy atom. The highest BCUT2D eigenvalue weighted by molar-refractivity contribution is 7.98. The van der Waals surface area contributed by atoms with E-state index >= 15 is 0 Å². The maximum absolute atomic E-state index is 12.4. The van der Waals surface area contributed by atoms with Gasteiger partial charge >= 0.3 is 0 Å². The summed E-state index contributed by atoms with van der Waals surface area (Å²) in [5, 5.41) is 17.7. The number of aryl methyl sites for hydroxylation is 3. The standard InChI is InChI=1S/C17H19N5O2S/c1-9-5-6-13(14(23)7-9)19-15(24)8-12-10(2)18-16-20-17(25-4)21-22(16)11(12)3/h5-7,23H,8H2,1-4H3,(H,19,24). The number of hydrogen-bond donors (Lipinski definition) is 2. The van der Waals surface area contributed by atoms with Crippen LogP contribution in [0.3, 0.4) is 0 Å². The number of aromatic hydroxyl groups is 1. The second-order valence-electron chi connectivity index (χ2n) is 5.82. The van der Waals surface area contributed by atoms with Gasteiger partial charge in [-0.25, -0.2) is 9.50 Å². The van der Waals surface area contributed by atoms with Crippen molar-refractivity contribution in [1.82, 2.24) is 19.6 Å².